The first-order valence-electron chi connectivity index (χ1n) is 9.74. The van der Waals surface area contributed by atoms with Gasteiger partial charge < -0.3 is 9.64 Å². The summed E-state index contributed by atoms with van der Waals surface area (Å²) in [5, 5.41) is 11.6. The molecule has 0 spiro atoms. The van der Waals surface area contributed by atoms with Crippen molar-refractivity contribution >= 4 is 39.5 Å². The number of piperidine rings is 1. The normalized spacial score (nSPS) is 21.9. The molecule has 0 bridgehead atoms. The Balaban J connectivity index is 1.85. The number of nitrogens with zero attached hydrogens (tertiary/aromatic N) is 2. The van der Waals surface area contributed by atoms with Gasteiger partial charge in [0.15, 0.2) is 0 Å². The van der Waals surface area contributed by atoms with E-state index in [1.165, 1.54) is 0 Å². The highest BCUT2D eigenvalue weighted by Gasteiger charge is 2.30. The molecule has 1 atom stereocenters. The van der Waals surface area contributed by atoms with E-state index in [1.807, 2.05) is 12.1 Å². The van der Waals surface area contributed by atoms with E-state index in [4.69, 9.17) is 4.74 Å². The highest BCUT2D eigenvalue weighted by atomic mass is 127. The van der Waals surface area contributed by atoms with E-state index < -0.39 is 0 Å². The van der Waals surface area contributed by atoms with Gasteiger partial charge in [0.1, 0.15) is 0 Å². The fourth-order valence-corrected chi connectivity index (χ4v) is 4.75. The number of ether oxygens (including phenoxy) is 1. The van der Waals surface area contributed by atoms with Crippen LogP contribution in [0.25, 0.3) is 5.57 Å². The Morgan fingerprint density at radius 3 is 2.48 bits per heavy atom. The minimum atomic E-state index is -0.245. The van der Waals surface area contributed by atoms with Crippen molar-refractivity contribution in [2.24, 2.45) is 5.92 Å². The summed E-state index contributed by atoms with van der Waals surface area (Å²) in [6.45, 7) is 6.40. The SMILES string of the molecule is COC1CCN(c2ccc([N+](=O)[O-])c(C3=CCC(C(C)(C)I)CC3)c2)CC1. The molecule has 0 aromatic heterocycles. The molecule has 27 heavy (non-hydrogen) atoms. The number of hydrogen-bond acceptors (Lipinski definition) is 4. The second kappa shape index (κ2) is 8.47. The van der Waals surface area contributed by atoms with Gasteiger partial charge in [0.05, 0.1) is 16.6 Å². The highest BCUT2D eigenvalue weighted by Crippen LogP contribution is 2.42. The molecule has 1 aromatic carbocycles. The number of benzene rings is 1. The Bertz CT molecular complexity index is 719. The maximum absolute atomic E-state index is 11.6. The first kappa shape index (κ1) is 20.6. The number of nitro benzene ring substituents is 1. The molecule has 1 aliphatic carbocycles. The van der Waals surface area contributed by atoms with Crippen molar-refractivity contribution in [3.8, 4) is 0 Å². The van der Waals surface area contributed by atoms with E-state index in [2.05, 4.69) is 47.4 Å². The van der Waals surface area contributed by atoms with Gasteiger partial charge in [-0.15, -0.1) is 0 Å². The van der Waals surface area contributed by atoms with Gasteiger partial charge in [-0.25, -0.2) is 0 Å². The molecule has 3 rings (SSSR count). The van der Waals surface area contributed by atoms with Crippen LogP contribution in [0.4, 0.5) is 11.4 Å². The minimum absolute atomic E-state index is 0.226. The number of nitro groups is 1. The summed E-state index contributed by atoms with van der Waals surface area (Å²) < 4.78 is 5.71. The van der Waals surface area contributed by atoms with Crippen LogP contribution >= 0.6 is 22.6 Å². The van der Waals surface area contributed by atoms with Crippen LogP contribution < -0.4 is 4.90 Å². The molecule has 6 heteroatoms. The largest absolute Gasteiger partial charge is 0.381 e. The minimum Gasteiger partial charge on any atom is -0.381 e. The molecule has 148 valence electrons. The average Bonchev–Trinajstić information content (AvgIpc) is 2.67. The van der Waals surface area contributed by atoms with Crippen molar-refractivity contribution in [1.82, 2.24) is 0 Å². The summed E-state index contributed by atoms with van der Waals surface area (Å²) in [5.74, 6) is 0.622. The molecule has 0 radical (unpaired) electrons. The lowest BCUT2D eigenvalue weighted by molar-refractivity contribution is -0.385. The topological polar surface area (TPSA) is 55.6 Å². The van der Waals surface area contributed by atoms with Gasteiger partial charge in [0.2, 0.25) is 0 Å². The van der Waals surface area contributed by atoms with Crippen LogP contribution in [0.5, 0.6) is 0 Å². The summed E-state index contributed by atoms with van der Waals surface area (Å²) in [5.41, 5.74) is 3.25. The van der Waals surface area contributed by atoms with E-state index in [1.54, 1.807) is 13.2 Å². The zero-order valence-corrected chi connectivity index (χ0v) is 18.6. The molecule has 5 nitrogen and oxygen atoms in total. The van der Waals surface area contributed by atoms with Gasteiger partial charge in [0, 0.05) is 35.4 Å². The molecule has 0 amide bonds. The van der Waals surface area contributed by atoms with Crippen molar-refractivity contribution in [2.45, 2.75) is 55.5 Å². The van der Waals surface area contributed by atoms with Gasteiger partial charge in [-0.3, -0.25) is 10.1 Å². The number of allylic oxidation sites excluding steroid dienone is 2. The third-order valence-corrected chi connectivity index (χ3v) is 6.93. The Morgan fingerprint density at radius 1 is 1.26 bits per heavy atom. The third kappa shape index (κ3) is 4.83. The highest BCUT2D eigenvalue weighted by molar-refractivity contribution is 14.1. The number of anilines is 1. The Kier molecular flexibility index (Phi) is 6.46. The maximum atomic E-state index is 11.6. The number of hydrogen-bond donors (Lipinski definition) is 0. The summed E-state index contributed by atoms with van der Waals surface area (Å²) in [4.78, 5) is 13.7. The van der Waals surface area contributed by atoms with Gasteiger partial charge in [-0.05, 0) is 55.7 Å². The zero-order chi connectivity index (χ0) is 19.6. The summed E-state index contributed by atoms with van der Waals surface area (Å²) in [7, 11) is 1.77. The molecule has 0 saturated carbocycles. The van der Waals surface area contributed by atoms with Crippen LogP contribution in [-0.4, -0.2) is 34.6 Å². The second-order valence-electron chi connectivity index (χ2n) is 8.15. The average molecular weight is 484 g/mol. The van der Waals surface area contributed by atoms with Crippen LogP contribution in [0.1, 0.15) is 51.5 Å². The Hall–Kier alpha value is -1.15. The number of rotatable bonds is 5. The van der Waals surface area contributed by atoms with Crippen molar-refractivity contribution in [3.63, 3.8) is 0 Å². The number of alkyl halides is 1. The van der Waals surface area contributed by atoms with Crippen LogP contribution in [0.15, 0.2) is 24.3 Å². The first-order chi connectivity index (χ1) is 12.8. The Labute approximate surface area is 175 Å². The quantitative estimate of drug-likeness (QED) is 0.236. The third-order valence-electron chi connectivity index (χ3n) is 6.04. The molecule has 1 saturated heterocycles. The van der Waals surface area contributed by atoms with E-state index >= 15 is 0 Å². The summed E-state index contributed by atoms with van der Waals surface area (Å²) in [6.07, 6.45) is 7.54. The fraction of sp³-hybridized carbons (Fsp3) is 0.619. The van der Waals surface area contributed by atoms with Crippen molar-refractivity contribution in [2.75, 3.05) is 25.1 Å². The van der Waals surface area contributed by atoms with E-state index in [-0.39, 0.29) is 14.0 Å². The Morgan fingerprint density at radius 2 is 1.96 bits per heavy atom. The molecular formula is C21H29IN2O3. The smallest absolute Gasteiger partial charge is 0.277 e. The standard InChI is InChI=1S/C21H29IN2O3/c1-21(2,22)16-6-4-15(5-7-16)19-14-17(8-9-20(19)24(25)26)23-12-10-18(27-3)11-13-23/h4,8-9,14,16,18H,5-7,10-13H2,1-3H3. The molecule has 1 aliphatic heterocycles. The number of halogens is 1. The van der Waals surface area contributed by atoms with Gasteiger partial charge in [-0.2, -0.15) is 0 Å². The van der Waals surface area contributed by atoms with Crippen molar-refractivity contribution in [1.29, 1.82) is 0 Å². The molecule has 1 unspecified atom stereocenters. The van der Waals surface area contributed by atoms with E-state index in [9.17, 15) is 10.1 Å². The zero-order valence-electron chi connectivity index (χ0n) is 16.4. The molecule has 2 aliphatic rings. The fourth-order valence-electron chi connectivity index (χ4n) is 4.19. The van der Waals surface area contributed by atoms with Crippen LogP contribution in [0, 0.1) is 16.0 Å². The summed E-state index contributed by atoms with van der Waals surface area (Å²) >= 11 is 2.52. The first-order valence-corrected chi connectivity index (χ1v) is 10.8. The van der Waals surface area contributed by atoms with Gasteiger partial charge in [-0.1, -0.05) is 42.5 Å². The lowest BCUT2D eigenvalue weighted by Crippen LogP contribution is -2.36. The van der Waals surface area contributed by atoms with Gasteiger partial charge >= 0.3 is 0 Å². The van der Waals surface area contributed by atoms with Crippen LogP contribution in [-0.2, 0) is 4.74 Å². The van der Waals surface area contributed by atoms with Crippen molar-refractivity contribution < 1.29 is 9.66 Å². The lowest BCUT2D eigenvalue weighted by Gasteiger charge is -2.34. The van der Waals surface area contributed by atoms with Crippen molar-refractivity contribution in [3.05, 3.63) is 40.0 Å². The van der Waals surface area contributed by atoms with Crippen LogP contribution in [0.2, 0.25) is 0 Å². The lowest BCUT2D eigenvalue weighted by atomic mass is 9.80. The maximum Gasteiger partial charge on any atom is 0.277 e. The molecule has 1 heterocycles. The molecule has 0 N–H and O–H groups in total. The van der Waals surface area contributed by atoms with Crippen LogP contribution in [0.3, 0.4) is 0 Å². The molecular weight excluding hydrogens is 455 g/mol. The monoisotopic (exact) mass is 484 g/mol. The summed E-state index contributed by atoms with van der Waals surface area (Å²) in [6, 6.07) is 5.61. The molecule has 1 aromatic rings. The van der Waals surface area contributed by atoms with Gasteiger partial charge in [0.25, 0.3) is 5.69 Å². The predicted octanol–water partition coefficient (Wildman–Crippen LogP) is 5.61. The second-order valence-corrected chi connectivity index (χ2v) is 10.9. The predicted molar refractivity (Wildman–Crippen MR) is 119 cm³/mol. The van der Waals surface area contributed by atoms with E-state index in [0.717, 1.165) is 62.0 Å². The number of methoxy groups -OCH3 is 1. The molecule has 1 fully saturated rings. The van der Waals surface area contributed by atoms with E-state index in [0.29, 0.717) is 12.0 Å².